The SMILES string of the molecule is CNC1CCCc2sc(C(OC)c3ccccc3)nc21. The molecule has 4 heteroatoms. The number of aromatic nitrogens is 1. The minimum absolute atomic E-state index is 0.0516. The lowest BCUT2D eigenvalue weighted by molar-refractivity contribution is 0.136. The predicted octanol–water partition coefficient (Wildman–Crippen LogP) is 3.48. The Hall–Kier alpha value is -1.23. The molecule has 3 rings (SSSR count). The number of methoxy groups -OCH3 is 1. The lowest BCUT2D eigenvalue weighted by Gasteiger charge is -2.20. The van der Waals surface area contributed by atoms with E-state index < -0.39 is 0 Å². The molecule has 2 atom stereocenters. The standard InChI is InChI=1S/C16H20N2OS/c1-17-12-9-6-10-13-14(12)18-16(20-13)15(19-2)11-7-4-3-5-8-11/h3-5,7-8,12,15,17H,6,9-10H2,1-2H3. The molecule has 1 aliphatic rings. The summed E-state index contributed by atoms with van der Waals surface area (Å²) in [4.78, 5) is 6.30. The topological polar surface area (TPSA) is 34.1 Å². The van der Waals surface area contributed by atoms with Crippen LogP contribution in [0.1, 0.15) is 46.1 Å². The Morgan fingerprint density at radius 3 is 2.85 bits per heavy atom. The molecule has 0 radical (unpaired) electrons. The van der Waals surface area contributed by atoms with E-state index >= 15 is 0 Å². The molecular formula is C16H20N2OS. The molecule has 106 valence electrons. The fourth-order valence-electron chi connectivity index (χ4n) is 2.84. The van der Waals surface area contributed by atoms with Gasteiger partial charge in [0.2, 0.25) is 0 Å². The highest BCUT2D eigenvalue weighted by Crippen LogP contribution is 2.37. The van der Waals surface area contributed by atoms with E-state index in [9.17, 15) is 0 Å². The van der Waals surface area contributed by atoms with Crippen molar-refractivity contribution in [1.82, 2.24) is 10.3 Å². The summed E-state index contributed by atoms with van der Waals surface area (Å²) in [6.45, 7) is 0. The summed E-state index contributed by atoms with van der Waals surface area (Å²) in [5.74, 6) is 0. The van der Waals surface area contributed by atoms with E-state index in [1.54, 1.807) is 18.4 Å². The van der Waals surface area contributed by atoms with E-state index in [0.717, 1.165) is 11.4 Å². The number of thiazole rings is 1. The van der Waals surface area contributed by atoms with Crippen LogP contribution in [0.3, 0.4) is 0 Å². The largest absolute Gasteiger partial charge is 0.370 e. The van der Waals surface area contributed by atoms with Crippen LogP contribution >= 0.6 is 11.3 Å². The molecule has 20 heavy (non-hydrogen) atoms. The third-order valence-corrected chi connectivity index (χ3v) is 5.06. The molecule has 1 aromatic carbocycles. The van der Waals surface area contributed by atoms with Gasteiger partial charge in [0.25, 0.3) is 0 Å². The molecule has 1 heterocycles. The zero-order chi connectivity index (χ0) is 13.9. The zero-order valence-corrected chi connectivity index (χ0v) is 12.7. The Labute approximate surface area is 124 Å². The molecule has 0 bridgehead atoms. The Balaban J connectivity index is 1.96. The summed E-state index contributed by atoms with van der Waals surface area (Å²) in [5, 5.41) is 4.45. The van der Waals surface area contributed by atoms with Crippen molar-refractivity contribution >= 4 is 11.3 Å². The molecule has 0 saturated carbocycles. The Morgan fingerprint density at radius 2 is 2.15 bits per heavy atom. The Kier molecular flexibility index (Phi) is 4.15. The van der Waals surface area contributed by atoms with Gasteiger partial charge in [-0.25, -0.2) is 4.98 Å². The van der Waals surface area contributed by atoms with E-state index in [0.29, 0.717) is 6.04 Å². The smallest absolute Gasteiger partial charge is 0.134 e. The maximum Gasteiger partial charge on any atom is 0.134 e. The van der Waals surface area contributed by atoms with E-state index in [2.05, 4.69) is 17.4 Å². The molecule has 1 N–H and O–H groups in total. The summed E-state index contributed by atoms with van der Waals surface area (Å²) < 4.78 is 5.70. The molecule has 2 unspecified atom stereocenters. The van der Waals surface area contributed by atoms with Crippen molar-refractivity contribution in [1.29, 1.82) is 0 Å². The maximum atomic E-state index is 5.70. The number of rotatable bonds is 4. The summed E-state index contributed by atoms with van der Waals surface area (Å²) in [6, 6.07) is 10.7. The highest BCUT2D eigenvalue weighted by molar-refractivity contribution is 7.11. The number of hydrogen-bond acceptors (Lipinski definition) is 4. The number of aryl methyl sites for hydroxylation is 1. The first-order valence-corrected chi connectivity index (χ1v) is 7.89. The van der Waals surface area contributed by atoms with Crippen LogP contribution in [0.5, 0.6) is 0 Å². The summed E-state index contributed by atoms with van der Waals surface area (Å²) in [5.41, 5.74) is 2.40. The van der Waals surface area contributed by atoms with Gasteiger partial charge in [-0.15, -0.1) is 11.3 Å². The van der Waals surface area contributed by atoms with Crippen LogP contribution in [0.4, 0.5) is 0 Å². The first kappa shape index (κ1) is 13.7. The molecule has 0 fully saturated rings. The van der Waals surface area contributed by atoms with Crippen molar-refractivity contribution < 1.29 is 4.74 Å². The predicted molar refractivity (Wildman–Crippen MR) is 82.1 cm³/mol. The van der Waals surface area contributed by atoms with Gasteiger partial charge < -0.3 is 10.1 Å². The molecule has 3 nitrogen and oxygen atoms in total. The summed E-state index contributed by atoms with van der Waals surface area (Å²) in [6.07, 6.45) is 3.51. The lowest BCUT2D eigenvalue weighted by Crippen LogP contribution is -2.21. The number of benzene rings is 1. The normalized spacial score (nSPS) is 19.6. The fraction of sp³-hybridized carbons (Fsp3) is 0.438. The Bertz CT molecular complexity index is 567. The summed E-state index contributed by atoms with van der Waals surface area (Å²) >= 11 is 1.81. The van der Waals surface area contributed by atoms with Crippen LogP contribution in [0.25, 0.3) is 0 Å². The number of ether oxygens (including phenoxy) is 1. The Morgan fingerprint density at radius 1 is 1.35 bits per heavy atom. The fourth-order valence-corrected chi connectivity index (χ4v) is 4.11. The van der Waals surface area contributed by atoms with Gasteiger partial charge in [0.1, 0.15) is 11.1 Å². The first-order valence-electron chi connectivity index (χ1n) is 7.08. The highest BCUT2D eigenvalue weighted by atomic mass is 32.1. The minimum atomic E-state index is -0.0516. The zero-order valence-electron chi connectivity index (χ0n) is 11.9. The van der Waals surface area contributed by atoms with Crippen LogP contribution in [0, 0.1) is 0 Å². The van der Waals surface area contributed by atoms with Gasteiger partial charge in [0.05, 0.1) is 11.7 Å². The molecule has 0 spiro atoms. The van der Waals surface area contributed by atoms with E-state index in [1.807, 2.05) is 25.2 Å². The molecule has 0 aliphatic heterocycles. The monoisotopic (exact) mass is 288 g/mol. The van der Waals surface area contributed by atoms with Crippen molar-refractivity contribution in [2.45, 2.75) is 31.4 Å². The third kappa shape index (κ3) is 2.51. The van der Waals surface area contributed by atoms with Crippen LogP contribution in [-0.2, 0) is 11.2 Å². The first-order chi connectivity index (χ1) is 9.83. The van der Waals surface area contributed by atoms with Gasteiger partial charge in [0, 0.05) is 12.0 Å². The second-order valence-electron chi connectivity index (χ2n) is 5.12. The lowest BCUT2D eigenvalue weighted by atomic mass is 9.98. The molecule has 2 aromatic rings. The third-order valence-electron chi connectivity index (χ3n) is 3.88. The van der Waals surface area contributed by atoms with Crippen LogP contribution in [0.15, 0.2) is 30.3 Å². The summed E-state index contributed by atoms with van der Waals surface area (Å²) in [7, 11) is 3.78. The van der Waals surface area contributed by atoms with Crippen molar-refractivity contribution in [3.8, 4) is 0 Å². The van der Waals surface area contributed by atoms with Crippen LogP contribution < -0.4 is 5.32 Å². The molecule has 0 saturated heterocycles. The average Bonchev–Trinajstić information content (AvgIpc) is 2.92. The molecule has 1 aromatic heterocycles. The van der Waals surface area contributed by atoms with Gasteiger partial charge in [0.15, 0.2) is 0 Å². The van der Waals surface area contributed by atoms with Crippen molar-refractivity contribution in [3.05, 3.63) is 51.5 Å². The van der Waals surface area contributed by atoms with Crippen molar-refractivity contribution in [2.75, 3.05) is 14.2 Å². The number of hydrogen-bond donors (Lipinski definition) is 1. The second kappa shape index (κ2) is 6.04. The average molecular weight is 288 g/mol. The van der Waals surface area contributed by atoms with Gasteiger partial charge in [-0.1, -0.05) is 30.3 Å². The van der Waals surface area contributed by atoms with E-state index in [4.69, 9.17) is 9.72 Å². The second-order valence-corrected chi connectivity index (χ2v) is 6.24. The van der Waals surface area contributed by atoms with Crippen LogP contribution in [0.2, 0.25) is 0 Å². The van der Waals surface area contributed by atoms with Gasteiger partial charge in [-0.3, -0.25) is 0 Å². The quantitative estimate of drug-likeness (QED) is 0.935. The minimum Gasteiger partial charge on any atom is -0.370 e. The van der Waals surface area contributed by atoms with E-state index in [1.165, 1.54) is 29.0 Å². The number of nitrogens with zero attached hydrogens (tertiary/aromatic N) is 1. The number of nitrogens with one attached hydrogen (secondary N) is 1. The molecular weight excluding hydrogens is 268 g/mol. The van der Waals surface area contributed by atoms with Gasteiger partial charge in [-0.05, 0) is 31.9 Å². The number of fused-ring (bicyclic) bond motifs is 1. The maximum absolute atomic E-state index is 5.70. The molecule has 0 amide bonds. The van der Waals surface area contributed by atoms with E-state index in [-0.39, 0.29) is 6.10 Å². The molecule has 1 aliphatic carbocycles. The van der Waals surface area contributed by atoms with Gasteiger partial charge >= 0.3 is 0 Å². The van der Waals surface area contributed by atoms with Gasteiger partial charge in [-0.2, -0.15) is 0 Å². The van der Waals surface area contributed by atoms with Crippen molar-refractivity contribution in [2.24, 2.45) is 0 Å². The van der Waals surface area contributed by atoms with Crippen molar-refractivity contribution in [3.63, 3.8) is 0 Å². The van der Waals surface area contributed by atoms with Crippen LogP contribution in [-0.4, -0.2) is 19.1 Å². The highest BCUT2D eigenvalue weighted by Gasteiger charge is 2.26.